The molecule has 0 fully saturated rings. The summed E-state index contributed by atoms with van der Waals surface area (Å²) in [6.07, 6.45) is 3.89. The lowest BCUT2D eigenvalue weighted by atomic mass is 10.0. The molecule has 0 aliphatic heterocycles. The summed E-state index contributed by atoms with van der Waals surface area (Å²) in [5, 5.41) is 0. The Morgan fingerprint density at radius 1 is 1.12 bits per heavy atom. The highest BCUT2D eigenvalue weighted by molar-refractivity contribution is 8.00. The van der Waals surface area contributed by atoms with Crippen molar-refractivity contribution in [1.29, 1.82) is 0 Å². The molecule has 0 amide bonds. The number of nitrogens with zero attached hydrogens (tertiary/aromatic N) is 2. The third kappa shape index (κ3) is 5.64. The zero-order valence-corrected chi connectivity index (χ0v) is 17.7. The molecule has 0 aliphatic rings. The van der Waals surface area contributed by atoms with Gasteiger partial charge in [-0.2, -0.15) is 0 Å². The van der Waals surface area contributed by atoms with Crippen LogP contribution in [0.5, 0.6) is 0 Å². The smallest absolute Gasteiger partial charge is 0.173 e. The molecule has 0 N–H and O–H groups in total. The van der Waals surface area contributed by atoms with E-state index in [0.717, 1.165) is 33.8 Å². The van der Waals surface area contributed by atoms with Crippen LogP contribution in [0.3, 0.4) is 0 Å². The fraction of sp³-hybridized carbons (Fsp3) is 0.333. The van der Waals surface area contributed by atoms with Crippen molar-refractivity contribution in [3.63, 3.8) is 0 Å². The van der Waals surface area contributed by atoms with E-state index in [1.165, 1.54) is 4.90 Å². The van der Waals surface area contributed by atoms with Crippen LogP contribution in [0, 0.1) is 13.8 Å². The second kappa shape index (κ2) is 9.83. The maximum atomic E-state index is 12.7. The second-order valence-electron chi connectivity index (χ2n) is 6.16. The van der Waals surface area contributed by atoms with Crippen LogP contribution in [0.15, 0.2) is 51.2 Å². The molecular formula is C21H26N2OS2. The number of hydrogen-bond donors (Lipinski definition) is 0. The number of thioether (sulfide) groups is 2. The Bertz CT molecular complexity index is 785. The Balaban J connectivity index is 2.08. The first kappa shape index (κ1) is 20.6. The lowest BCUT2D eigenvalue weighted by Crippen LogP contribution is -2.14. The fourth-order valence-electron chi connectivity index (χ4n) is 2.38. The normalized spacial score (nSPS) is 11.1. The minimum atomic E-state index is 0.158. The number of carbonyl (C=O) groups is 1. The highest BCUT2D eigenvalue weighted by Gasteiger charge is 2.12. The molecule has 0 unspecified atom stereocenters. The molecule has 0 saturated carbocycles. The van der Waals surface area contributed by atoms with Crippen molar-refractivity contribution in [2.45, 2.75) is 30.6 Å². The van der Waals surface area contributed by atoms with Crippen LogP contribution in [0.4, 0.5) is 5.69 Å². The van der Waals surface area contributed by atoms with Gasteiger partial charge in [0.25, 0.3) is 0 Å². The average molecular weight is 387 g/mol. The van der Waals surface area contributed by atoms with Crippen LogP contribution in [0.25, 0.3) is 0 Å². The van der Waals surface area contributed by atoms with Crippen molar-refractivity contribution in [3.05, 3.63) is 53.1 Å². The maximum Gasteiger partial charge on any atom is 0.173 e. The minimum absolute atomic E-state index is 0.158. The first-order chi connectivity index (χ1) is 12.4. The predicted octanol–water partition coefficient (Wildman–Crippen LogP) is 5.61. The second-order valence-corrected chi connectivity index (χ2v) is 8.09. The summed E-state index contributed by atoms with van der Waals surface area (Å²) in [7, 11) is 1.99. The van der Waals surface area contributed by atoms with Crippen LogP contribution < -0.4 is 0 Å². The van der Waals surface area contributed by atoms with Gasteiger partial charge in [-0.25, -0.2) is 4.99 Å². The molecule has 0 atom stereocenters. The molecule has 0 spiro atoms. The molecule has 3 nitrogen and oxygen atoms in total. The Labute approximate surface area is 165 Å². The lowest BCUT2D eigenvalue weighted by molar-refractivity contribution is 0.102. The third-order valence-corrected chi connectivity index (χ3v) is 5.92. The predicted molar refractivity (Wildman–Crippen MR) is 116 cm³/mol. The molecule has 26 heavy (non-hydrogen) atoms. The summed E-state index contributed by atoms with van der Waals surface area (Å²) >= 11 is 3.30. The molecule has 2 aromatic rings. The van der Waals surface area contributed by atoms with Crippen molar-refractivity contribution in [2.24, 2.45) is 4.99 Å². The summed E-state index contributed by atoms with van der Waals surface area (Å²) in [5.41, 5.74) is 3.71. The van der Waals surface area contributed by atoms with Crippen LogP contribution in [0.2, 0.25) is 0 Å². The van der Waals surface area contributed by atoms with Crippen molar-refractivity contribution in [2.75, 3.05) is 25.6 Å². The number of Topliss-reactive ketones (excluding diaryl/α,β-unsaturated/α-hetero) is 1. The van der Waals surface area contributed by atoms with Crippen LogP contribution in [-0.4, -0.2) is 42.6 Å². The van der Waals surface area contributed by atoms with Crippen molar-refractivity contribution in [1.82, 2.24) is 4.90 Å². The number of aliphatic imine (C=N–C) groups is 1. The molecule has 0 bridgehead atoms. The number of hydrogen-bond acceptors (Lipinski definition) is 4. The summed E-state index contributed by atoms with van der Waals surface area (Å²) in [6, 6.07) is 12.3. The van der Waals surface area contributed by atoms with E-state index < -0.39 is 0 Å². The van der Waals surface area contributed by atoms with Gasteiger partial charge in [0.15, 0.2) is 5.78 Å². The molecule has 0 saturated heterocycles. The number of aryl methyl sites for hydroxylation is 2. The van der Waals surface area contributed by atoms with Crippen molar-refractivity contribution >= 4 is 41.3 Å². The third-order valence-electron chi connectivity index (χ3n) is 4.17. The Morgan fingerprint density at radius 3 is 2.38 bits per heavy atom. The van der Waals surface area contributed by atoms with Gasteiger partial charge in [-0.1, -0.05) is 0 Å². The number of rotatable bonds is 8. The van der Waals surface area contributed by atoms with Gasteiger partial charge in [0, 0.05) is 28.9 Å². The van der Waals surface area contributed by atoms with Gasteiger partial charge in [0.2, 0.25) is 0 Å². The average Bonchev–Trinajstić information content (AvgIpc) is 2.66. The molecule has 0 aliphatic carbocycles. The van der Waals surface area contributed by atoms with E-state index >= 15 is 0 Å². The monoisotopic (exact) mass is 386 g/mol. The Kier molecular flexibility index (Phi) is 7.79. The SMILES string of the molecule is CCN(C)/C=N\c1cc(C)c(C(=O)CSc2ccc(SC)cc2)cc1C. The highest BCUT2D eigenvalue weighted by Crippen LogP contribution is 2.26. The van der Waals surface area contributed by atoms with Crippen LogP contribution in [0.1, 0.15) is 28.4 Å². The quantitative estimate of drug-likeness (QED) is 0.255. The summed E-state index contributed by atoms with van der Waals surface area (Å²) < 4.78 is 0. The van der Waals surface area contributed by atoms with E-state index in [2.05, 4.69) is 42.4 Å². The largest absolute Gasteiger partial charge is 0.366 e. The number of carbonyl (C=O) groups excluding carboxylic acids is 1. The Morgan fingerprint density at radius 2 is 1.77 bits per heavy atom. The van der Waals surface area contributed by atoms with Crippen molar-refractivity contribution < 1.29 is 4.79 Å². The first-order valence-corrected chi connectivity index (χ1v) is 10.8. The summed E-state index contributed by atoms with van der Waals surface area (Å²) in [4.78, 5) is 21.6. The zero-order valence-electron chi connectivity index (χ0n) is 16.1. The fourth-order valence-corrected chi connectivity index (χ4v) is 3.57. The molecule has 5 heteroatoms. The first-order valence-electron chi connectivity index (χ1n) is 8.60. The van der Waals surface area contributed by atoms with Crippen LogP contribution >= 0.6 is 23.5 Å². The van der Waals surface area contributed by atoms with Gasteiger partial charge in [-0.05, 0) is 74.6 Å². The molecule has 0 heterocycles. The molecule has 2 aromatic carbocycles. The van der Waals surface area contributed by atoms with E-state index in [-0.39, 0.29) is 5.78 Å². The maximum absolute atomic E-state index is 12.7. The zero-order chi connectivity index (χ0) is 19.1. The number of benzene rings is 2. The number of ketones is 1. The van der Waals surface area contributed by atoms with E-state index in [4.69, 9.17) is 0 Å². The van der Waals surface area contributed by atoms with Crippen LogP contribution in [-0.2, 0) is 0 Å². The van der Waals surface area contributed by atoms with E-state index in [9.17, 15) is 4.79 Å². The van der Waals surface area contributed by atoms with E-state index in [0.29, 0.717) is 5.75 Å². The van der Waals surface area contributed by atoms with Gasteiger partial charge in [-0.3, -0.25) is 4.79 Å². The minimum Gasteiger partial charge on any atom is -0.366 e. The van der Waals surface area contributed by atoms with Crippen molar-refractivity contribution in [3.8, 4) is 0 Å². The Hall–Kier alpha value is -1.72. The highest BCUT2D eigenvalue weighted by atomic mass is 32.2. The van der Waals surface area contributed by atoms with E-state index in [1.54, 1.807) is 23.5 Å². The molecule has 0 radical (unpaired) electrons. The van der Waals surface area contributed by atoms with E-state index in [1.807, 2.05) is 44.3 Å². The molecule has 0 aromatic heterocycles. The van der Waals surface area contributed by atoms with Gasteiger partial charge in [0.1, 0.15) is 0 Å². The standard InChI is InChI=1S/C21H26N2OS2/c1-6-23(4)14-22-20-12-15(2)19(11-16(20)3)21(24)13-26-18-9-7-17(25-5)8-10-18/h7-12,14H,6,13H2,1-5H3/b22-14-. The van der Waals surface area contributed by atoms with Gasteiger partial charge >= 0.3 is 0 Å². The van der Waals surface area contributed by atoms with Gasteiger partial charge < -0.3 is 4.90 Å². The molecule has 138 valence electrons. The van der Waals surface area contributed by atoms with Gasteiger partial charge in [0.05, 0.1) is 17.8 Å². The lowest BCUT2D eigenvalue weighted by Gasteiger charge is -2.11. The summed E-state index contributed by atoms with van der Waals surface area (Å²) in [5.74, 6) is 0.603. The topological polar surface area (TPSA) is 32.7 Å². The molecular weight excluding hydrogens is 360 g/mol. The summed E-state index contributed by atoms with van der Waals surface area (Å²) in [6.45, 7) is 6.97. The molecule has 2 rings (SSSR count). The van der Waals surface area contributed by atoms with Gasteiger partial charge in [-0.15, -0.1) is 23.5 Å².